The molecule has 14 nitrogen and oxygen atoms in total. The van der Waals surface area contributed by atoms with Gasteiger partial charge in [0.2, 0.25) is 17.7 Å². The Hall–Kier alpha value is -3.26. The maximum atomic E-state index is 12.5. The normalized spacial score (nSPS) is 15.7. The van der Waals surface area contributed by atoms with Crippen LogP contribution in [0.15, 0.2) is 0 Å². The van der Waals surface area contributed by atoms with Crippen molar-refractivity contribution in [2.75, 3.05) is 0 Å². The van der Waals surface area contributed by atoms with E-state index in [4.69, 9.17) is 21.1 Å². The maximum Gasteiger partial charge on any atom is 0.326 e. The fourth-order valence-electron chi connectivity index (χ4n) is 2.36. The predicted octanol–water partition coefficient (Wildman–Crippen LogP) is -3.16. The summed E-state index contributed by atoms with van der Waals surface area (Å²) in [6.45, 7) is 4.12. The van der Waals surface area contributed by atoms with Gasteiger partial charge in [0.15, 0.2) is 0 Å². The van der Waals surface area contributed by atoms with Gasteiger partial charge in [-0.3, -0.25) is 24.0 Å². The third-order valence-electron chi connectivity index (χ3n) is 4.04. The first-order valence-electron chi connectivity index (χ1n) is 9.18. The van der Waals surface area contributed by atoms with E-state index < -0.39 is 84.7 Å². The van der Waals surface area contributed by atoms with Crippen LogP contribution in [0, 0.1) is 5.92 Å². The molecule has 0 unspecified atom stereocenters. The molecule has 0 aliphatic carbocycles. The number of nitrogens with two attached hydrogens (primary N) is 1. The molecule has 0 aliphatic heterocycles. The van der Waals surface area contributed by atoms with Gasteiger partial charge in [0, 0.05) is 0 Å². The molecule has 0 aliphatic rings. The summed E-state index contributed by atoms with van der Waals surface area (Å²) in [5, 5.41) is 42.8. The molecule has 0 saturated carbocycles. The van der Waals surface area contributed by atoms with Crippen LogP contribution >= 0.6 is 0 Å². The number of carbonyl (C=O) groups excluding carboxylic acids is 3. The lowest BCUT2D eigenvalue weighted by Gasteiger charge is -2.26. The number of nitrogens with one attached hydrogen (secondary N) is 3. The molecule has 0 fully saturated rings. The summed E-state index contributed by atoms with van der Waals surface area (Å²) in [6.07, 6.45) is -3.20. The minimum absolute atomic E-state index is 0.553. The van der Waals surface area contributed by atoms with E-state index in [0.717, 1.165) is 6.92 Å². The first-order chi connectivity index (χ1) is 14.2. The molecule has 176 valence electrons. The van der Waals surface area contributed by atoms with Crippen LogP contribution in [0.5, 0.6) is 0 Å². The minimum atomic E-state index is -1.73. The van der Waals surface area contributed by atoms with Gasteiger partial charge in [0.05, 0.1) is 25.0 Å². The number of aliphatic hydroxyl groups excluding tert-OH is 1. The third kappa shape index (κ3) is 9.86. The lowest BCUT2D eigenvalue weighted by molar-refractivity contribution is -0.144. The molecule has 31 heavy (non-hydrogen) atoms. The highest BCUT2D eigenvalue weighted by molar-refractivity contribution is 5.96. The standard InChI is InChI=1S/C17H28N4O10/c1-6(2)12(17(30)31)20-15(28)9(5-11(25)26)19-16(29)13(7(3)22)21-14(27)8(18)4-10(23)24/h6-9,12-13,22H,4-5,18H2,1-3H3,(H,19,29)(H,20,28)(H,21,27)(H,23,24)(H,25,26)(H,30,31)/t7-,8+,9+,12+,13+/m1/s1. The van der Waals surface area contributed by atoms with Crippen molar-refractivity contribution in [1.82, 2.24) is 16.0 Å². The van der Waals surface area contributed by atoms with E-state index >= 15 is 0 Å². The molecule has 0 heterocycles. The quantitative estimate of drug-likeness (QED) is 0.140. The number of aliphatic hydroxyl groups is 1. The number of hydrogen-bond donors (Lipinski definition) is 8. The molecule has 5 atom stereocenters. The molecule has 0 aromatic carbocycles. The second-order valence-corrected chi connectivity index (χ2v) is 7.16. The predicted molar refractivity (Wildman–Crippen MR) is 102 cm³/mol. The Balaban J connectivity index is 5.46. The second-order valence-electron chi connectivity index (χ2n) is 7.16. The first-order valence-corrected chi connectivity index (χ1v) is 9.18. The van der Waals surface area contributed by atoms with E-state index in [-0.39, 0.29) is 0 Å². The Bertz CT molecular complexity index is 709. The van der Waals surface area contributed by atoms with Gasteiger partial charge in [-0.05, 0) is 12.8 Å². The lowest BCUT2D eigenvalue weighted by Crippen LogP contribution is -2.60. The van der Waals surface area contributed by atoms with Crippen molar-refractivity contribution in [1.29, 1.82) is 0 Å². The van der Waals surface area contributed by atoms with Crippen LogP contribution in [0.4, 0.5) is 0 Å². The van der Waals surface area contributed by atoms with Crippen molar-refractivity contribution in [3.05, 3.63) is 0 Å². The van der Waals surface area contributed by atoms with Gasteiger partial charge in [-0.25, -0.2) is 4.79 Å². The summed E-state index contributed by atoms with van der Waals surface area (Å²) in [5.41, 5.74) is 5.39. The molecule has 0 saturated heterocycles. The maximum absolute atomic E-state index is 12.5. The highest BCUT2D eigenvalue weighted by atomic mass is 16.4. The number of aliphatic carboxylic acids is 3. The Morgan fingerprint density at radius 3 is 1.61 bits per heavy atom. The highest BCUT2D eigenvalue weighted by Gasteiger charge is 2.34. The summed E-state index contributed by atoms with van der Waals surface area (Å²) in [7, 11) is 0. The first kappa shape index (κ1) is 27.7. The van der Waals surface area contributed by atoms with Crippen molar-refractivity contribution in [2.24, 2.45) is 11.7 Å². The second kappa shape index (κ2) is 12.4. The van der Waals surface area contributed by atoms with Crippen LogP contribution in [0.2, 0.25) is 0 Å². The zero-order valence-electron chi connectivity index (χ0n) is 17.2. The number of carboxylic acid groups (broad SMARTS) is 3. The number of carbonyl (C=O) groups is 6. The van der Waals surface area contributed by atoms with E-state index in [1.54, 1.807) is 0 Å². The Morgan fingerprint density at radius 1 is 0.742 bits per heavy atom. The number of hydrogen-bond acceptors (Lipinski definition) is 8. The number of carboxylic acids is 3. The van der Waals surface area contributed by atoms with Crippen LogP contribution < -0.4 is 21.7 Å². The summed E-state index contributed by atoms with van der Waals surface area (Å²) in [5.74, 6) is -8.13. The van der Waals surface area contributed by atoms with Crippen molar-refractivity contribution < 1.29 is 49.2 Å². The van der Waals surface area contributed by atoms with Crippen LogP contribution in [0.1, 0.15) is 33.6 Å². The van der Waals surface area contributed by atoms with Gasteiger partial charge >= 0.3 is 17.9 Å². The van der Waals surface area contributed by atoms with Crippen LogP contribution in [0.3, 0.4) is 0 Å². The van der Waals surface area contributed by atoms with E-state index in [1.807, 2.05) is 10.6 Å². The van der Waals surface area contributed by atoms with Gasteiger partial charge in [0.25, 0.3) is 0 Å². The average molecular weight is 448 g/mol. The molecular formula is C17H28N4O10. The molecule has 0 spiro atoms. The SMILES string of the molecule is CC(C)[C@H](NC(=O)[C@H](CC(=O)O)NC(=O)[C@@H](NC(=O)[C@@H](N)CC(=O)O)[C@@H](C)O)C(=O)O. The number of amides is 3. The molecule has 0 aromatic rings. The van der Waals surface area contributed by atoms with Crippen molar-refractivity contribution in [3.8, 4) is 0 Å². The molecule has 0 bridgehead atoms. The van der Waals surface area contributed by atoms with Crippen LogP contribution in [0.25, 0.3) is 0 Å². The van der Waals surface area contributed by atoms with E-state index in [2.05, 4.69) is 5.32 Å². The van der Waals surface area contributed by atoms with Gasteiger partial charge in [-0.15, -0.1) is 0 Å². The topological polar surface area (TPSA) is 245 Å². The monoisotopic (exact) mass is 448 g/mol. The van der Waals surface area contributed by atoms with Crippen molar-refractivity contribution in [3.63, 3.8) is 0 Å². The fraction of sp³-hybridized carbons (Fsp3) is 0.647. The zero-order valence-corrected chi connectivity index (χ0v) is 17.2. The van der Waals surface area contributed by atoms with Crippen LogP contribution in [-0.4, -0.2) is 86.3 Å². The molecule has 0 radical (unpaired) electrons. The molecule has 14 heteroatoms. The number of rotatable bonds is 13. The largest absolute Gasteiger partial charge is 0.481 e. The zero-order chi connectivity index (χ0) is 24.5. The molecule has 9 N–H and O–H groups in total. The molecular weight excluding hydrogens is 420 g/mol. The summed E-state index contributed by atoms with van der Waals surface area (Å²) in [6, 6.07) is -6.32. The van der Waals surface area contributed by atoms with E-state index in [0.29, 0.717) is 0 Å². The third-order valence-corrected chi connectivity index (χ3v) is 4.04. The van der Waals surface area contributed by atoms with Crippen molar-refractivity contribution in [2.45, 2.75) is 63.9 Å². The Labute approximate surface area is 177 Å². The average Bonchev–Trinajstić information content (AvgIpc) is 2.60. The van der Waals surface area contributed by atoms with Crippen molar-refractivity contribution >= 4 is 35.6 Å². The van der Waals surface area contributed by atoms with Gasteiger partial charge in [0.1, 0.15) is 18.1 Å². The van der Waals surface area contributed by atoms with Gasteiger partial charge in [-0.2, -0.15) is 0 Å². The van der Waals surface area contributed by atoms with Gasteiger partial charge < -0.3 is 42.1 Å². The summed E-state index contributed by atoms with van der Waals surface area (Å²) in [4.78, 5) is 69.8. The summed E-state index contributed by atoms with van der Waals surface area (Å²) < 4.78 is 0. The van der Waals surface area contributed by atoms with E-state index in [9.17, 15) is 33.9 Å². The summed E-state index contributed by atoms with van der Waals surface area (Å²) >= 11 is 0. The molecule has 0 rings (SSSR count). The highest BCUT2D eigenvalue weighted by Crippen LogP contribution is 2.05. The van der Waals surface area contributed by atoms with E-state index in [1.165, 1.54) is 13.8 Å². The lowest BCUT2D eigenvalue weighted by atomic mass is 10.0. The Kier molecular flexibility index (Phi) is 11.1. The van der Waals surface area contributed by atoms with Crippen LogP contribution in [-0.2, 0) is 28.8 Å². The smallest absolute Gasteiger partial charge is 0.326 e. The molecule has 0 aromatic heterocycles. The Morgan fingerprint density at radius 2 is 1.23 bits per heavy atom. The molecule has 3 amide bonds. The van der Waals surface area contributed by atoms with Gasteiger partial charge in [-0.1, -0.05) is 13.8 Å². The minimum Gasteiger partial charge on any atom is -0.481 e. The fourth-order valence-corrected chi connectivity index (χ4v) is 2.36.